The highest BCUT2D eigenvalue weighted by Gasteiger charge is 2.11. The van der Waals surface area contributed by atoms with E-state index in [2.05, 4.69) is 5.32 Å². The lowest BCUT2D eigenvalue weighted by atomic mass is 10.1. The van der Waals surface area contributed by atoms with E-state index in [1.165, 1.54) is 6.26 Å². The molecule has 3 N–H and O–H groups in total. The summed E-state index contributed by atoms with van der Waals surface area (Å²) in [5, 5.41) is 2.82. The molecule has 0 bridgehead atoms. The van der Waals surface area contributed by atoms with E-state index in [4.69, 9.17) is 10.2 Å². The minimum Gasteiger partial charge on any atom is -0.469 e. The molecule has 1 aromatic carbocycles. The monoisotopic (exact) mass is 244 g/mol. The molecule has 2 aromatic rings. The molecule has 1 heterocycles. The van der Waals surface area contributed by atoms with Gasteiger partial charge < -0.3 is 15.5 Å². The van der Waals surface area contributed by atoms with E-state index in [1.54, 1.807) is 13.0 Å². The van der Waals surface area contributed by atoms with Crippen LogP contribution in [-0.2, 0) is 6.42 Å². The zero-order valence-corrected chi connectivity index (χ0v) is 10.3. The Bertz CT molecular complexity index is 529. The number of benzene rings is 1. The van der Waals surface area contributed by atoms with E-state index in [0.29, 0.717) is 17.9 Å². The normalized spacial score (nSPS) is 10.3. The summed E-state index contributed by atoms with van der Waals surface area (Å²) in [6.07, 6.45) is 2.35. The quantitative estimate of drug-likeness (QED) is 0.867. The maximum Gasteiger partial charge on any atom is 0.259 e. The van der Waals surface area contributed by atoms with Crippen LogP contribution in [0.4, 0.5) is 5.69 Å². The molecule has 2 rings (SSSR count). The summed E-state index contributed by atoms with van der Waals surface area (Å²) in [6.45, 7) is 2.39. The van der Waals surface area contributed by atoms with E-state index >= 15 is 0 Å². The molecule has 0 saturated carbocycles. The number of hydrogen-bond donors (Lipinski definition) is 2. The Hall–Kier alpha value is -2.07. The van der Waals surface area contributed by atoms with Crippen molar-refractivity contribution in [2.24, 2.45) is 5.73 Å². The van der Waals surface area contributed by atoms with Gasteiger partial charge in [0.2, 0.25) is 0 Å². The average Bonchev–Trinajstić information content (AvgIpc) is 2.78. The van der Waals surface area contributed by atoms with Gasteiger partial charge in [0.1, 0.15) is 5.76 Å². The Morgan fingerprint density at radius 2 is 2.00 bits per heavy atom. The zero-order valence-electron chi connectivity index (χ0n) is 10.3. The van der Waals surface area contributed by atoms with Gasteiger partial charge in [0, 0.05) is 5.69 Å². The summed E-state index contributed by atoms with van der Waals surface area (Å²) in [5.74, 6) is 0.458. The number of nitrogens with two attached hydrogens (primary N) is 1. The van der Waals surface area contributed by atoms with Crippen molar-refractivity contribution in [3.05, 3.63) is 53.5 Å². The van der Waals surface area contributed by atoms with E-state index < -0.39 is 0 Å². The minimum absolute atomic E-state index is 0.159. The molecule has 94 valence electrons. The van der Waals surface area contributed by atoms with Gasteiger partial charge in [-0.25, -0.2) is 0 Å². The van der Waals surface area contributed by atoms with Gasteiger partial charge in [-0.05, 0) is 43.7 Å². The van der Waals surface area contributed by atoms with Crippen molar-refractivity contribution in [1.29, 1.82) is 0 Å². The summed E-state index contributed by atoms with van der Waals surface area (Å²) in [4.78, 5) is 11.9. The molecule has 0 aliphatic carbocycles. The van der Waals surface area contributed by atoms with Crippen molar-refractivity contribution in [3.63, 3.8) is 0 Å². The van der Waals surface area contributed by atoms with E-state index in [0.717, 1.165) is 17.7 Å². The zero-order chi connectivity index (χ0) is 13.0. The summed E-state index contributed by atoms with van der Waals surface area (Å²) >= 11 is 0. The molecule has 0 saturated heterocycles. The molecular formula is C14H16N2O2. The van der Waals surface area contributed by atoms with E-state index in [1.807, 2.05) is 24.3 Å². The second kappa shape index (κ2) is 5.51. The molecular weight excluding hydrogens is 228 g/mol. The van der Waals surface area contributed by atoms with Crippen molar-refractivity contribution >= 4 is 11.6 Å². The van der Waals surface area contributed by atoms with Crippen LogP contribution in [0.15, 0.2) is 41.0 Å². The Morgan fingerprint density at radius 1 is 1.28 bits per heavy atom. The van der Waals surface area contributed by atoms with Crippen LogP contribution in [0, 0.1) is 6.92 Å². The molecule has 0 atom stereocenters. The van der Waals surface area contributed by atoms with Gasteiger partial charge in [-0.15, -0.1) is 0 Å². The van der Waals surface area contributed by atoms with Crippen LogP contribution >= 0.6 is 0 Å². The first-order chi connectivity index (χ1) is 8.70. The predicted octanol–water partition coefficient (Wildman–Crippen LogP) is 2.34. The van der Waals surface area contributed by atoms with Crippen LogP contribution in [0.5, 0.6) is 0 Å². The number of anilines is 1. The number of nitrogens with one attached hydrogen (secondary N) is 1. The third-order valence-electron chi connectivity index (χ3n) is 2.75. The van der Waals surface area contributed by atoms with Gasteiger partial charge >= 0.3 is 0 Å². The van der Waals surface area contributed by atoms with Crippen LogP contribution < -0.4 is 11.1 Å². The molecule has 18 heavy (non-hydrogen) atoms. The maximum atomic E-state index is 11.9. The number of aryl methyl sites for hydroxylation is 1. The van der Waals surface area contributed by atoms with Crippen molar-refractivity contribution in [1.82, 2.24) is 0 Å². The van der Waals surface area contributed by atoms with Crippen molar-refractivity contribution in [3.8, 4) is 0 Å². The lowest BCUT2D eigenvalue weighted by Gasteiger charge is -2.05. The van der Waals surface area contributed by atoms with Crippen LogP contribution in [-0.4, -0.2) is 12.5 Å². The van der Waals surface area contributed by atoms with Gasteiger partial charge in [-0.1, -0.05) is 12.1 Å². The molecule has 4 nitrogen and oxygen atoms in total. The van der Waals surface area contributed by atoms with Gasteiger partial charge in [-0.2, -0.15) is 0 Å². The SMILES string of the molecule is Cc1occc1C(=O)Nc1ccc(CCN)cc1. The van der Waals surface area contributed by atoms with Crippen LogP contribution in [0.25, 0.3) is 0 Å². The highest BCUT2D eigenvalue weighted by Crippen LogP contribution is 2.14. The van der Waals surface area contributed by atoms with Crippen molar-refractivity contribution in [2.45, 2.75) is 13.3 Å². The Labute approximate surface area is 106 Å². The van der Waals surface area contributed by atoms with E-state index in [9.17, 15) is 4.79 Å². The first kappa shape index (κ1) is 12.4. The van der Waals surface area contributed by atoms with Gasteiger partial charge in [0.25, 0.3) is 5.91 Å². The summed E-state index contributed by atoms with van der Waals surface area (Å²) < 4.78 is 5.10. The first-order valence-electron chi connectivity index (χ1n) is 5.85. The topological polar surface area (TPSA) is 68.3 Å². The second-order valence-corrected chi connectivity index (χ2v) is 4.08. The summed E-state index contributed by atoms with van der Waals surface area (Å²) in [7, 11) is 0. The number of rotatable bonds is 4. The van der Waals surface area contributed by atoms with Crippen LogP contribution in [0.2, 0.25) is 0 Å². The molecule has 1 amide bonds. The fourth-order valence-corrected chi connectivity index (χ4v) is 1.74. The number of furan rings is 1. The third-order valence-corrected chi connectivity index (χ3v) is 2.75. The Balaban J connectivity index is 2.05. The molecule has 0 aliphatic heterocycles. The summed E-state index contributed by atoms with van der Waals surface area (Å²) in [5.41, 5.74) is 7.96. The number of carbonyl (C=O) groups excluding carboxylic acids is 1. The van der Waals surface area contributed by atoms with Gasteiger partial charge in [0.05, 0.1) is 11.8 Å². The van der Waals surface area contributed by atoms with Gasteiger partial charge in [0.15, 0.2) is 0 Å². The lowest BCUT2D eigenvalue weighted by molar-refractivity contribution is 0.102. The highest BCUT2D eigenvalue weighted by molar-refractivity contribution is 6.04. The molecule has 0 radical (unpaired) electrons. The fourth-order valence-electron chi connectivity index (χ4n) is 1.74. The fraction of sp³-hybridized carbons (Fsp3) is 0.214. The maximum absolute atomic E-state index is 11.9. The van der Waals surface area contributed by atoms with Crippen LogP contribution in [0.3, 0.4) is 0 Å². The Morgan fingerprint density at radius 3 is 2.56 bits per heavy atom. The van der Waals surface area contributed by atoms with Crippen molar-refractivity contribution < 1.29 is 9.21 Å². The predicted molar refractivity (Wildman–Crippen MR) is 70.6 cm³/mol. The number of carbonyl (C=O) groups is 1. The first-order valence-corrected chi connectivity index (χ1v) is 5.85. The van der Waals surface area contributed by atoms with Crippen LogP contribution in [0.1, 0.15) is 21.7 Å². The molecule has 1 aromatic heterocycles. The van der Waals surface area contributed by atoms with E-state index in [-0.39, 0.29) is 5.91 Å². The molecule has 4 heteroatoms. The molecule has 0 unspecified atom stereocenters. The van der Waals surface area contributed by atoms with Crippen molar-refractivity contribution in [2.75, 3.05) is 11.9 Å². The number of amides is 1. The molecule has 0 aliphatic rings. The highest BCUT2D eigenvalue weighted by atomic mass is 16.3. The lowest BCUT2D eigenvalue weighted by Crippen LogP contribution is -2.12. The molecule has 0 spiro atoms. The minimum atomic E-state index is -0.159. The Kier molecular flexibility index (Phi) is 3.79. The number of hydrogen-bond acceptors (Lipinski definition) is 3. The molecule has 0 fully saturated rings. The standard InChI is InChI=1S/C14H16N2O2/c1-10-13(7-9-18-10)14(17)16-12-4-2-11(3-5-12)6-8-15/h2-5,7,9H,6,8,15H2,1H3,(H,16,17). The summed E-state index contributed by atoms with van der Waals surface area (Å²) in [6, 6.07) is 9.33. The second-order valence-electron chi connectivity index (χ2n) is 4.08. The third kappa shape index (κ3) is 2.78. The largest absolute Gasteiger partial charge is 0.469 e. The average molecular weight is 244 g/mol. The van der Waals surface area contributed by atoms with Gasteiger partial charge in [-0.3, -0.25) is 4.79 Å². The smallest absolute Gasteiger partial charge is 0.259 e.